The van der Waals surface area contributed by atoms with Crippen LogP contribution in [-0.2, 0) is 16.1 Å². The number of hydrogen-bond acceptors (Lipinski definition) is 11. The summed E-state index contributed by atoms with van der Waals surface area (Å²) < 4.78 is 49.8. The lowest BCUT2D eigenvalue weighted by Gasteiger charge is -2.17. The molecule has 13 nitrogen and oxygen atoms in total. The fourth-order valence-electron chi connectivity index (χ4n) is 4.08. The van der Waals surface area contributed by atoms with Crippen LogP contribution in [0.5, 0.6) is 5.75 Å². The number of halogens is 3. The SMILES string of the molecule is COc1cncc(-c2nc(NCc3ccccn3)c3ncn([C@@H]4O[C@H](C(=O)NCC(F)(F)F)[C@@H](O)[C@H]4O)c3n2)c1. The first-order valence-electron chi connectivity index (χ1n) is 11.9. The van der Waals surface area contributed by atoms with Gasteiger partial charge in [-0.05, 0) is 18.2 Å². The van der Waals surface area contributed by atoms with Crippen molar-refractivity contribution in [1.82, 2.24) is 34.8 Å². The van der Waals surface area contributed by atoms with Gasteiger partial charge < -0.3 is 30.3 Å². The zero-order valence-corrected chi connectivity index (χ0v) is 20.8. The number of fused-ring (bicyclic) bond motifs is 1. The average molecular weight is 560 g/mol. The van der Waals surface area contributed by atoms with E-state index in [4.69, 9.17) is 9.47 Å². The third-order valence-electron chi connectivity index (χ3n) is 6.03. The Balaban J connectivity index is 1.51. The van der Waals surface area contributed by atoms with E-state index in [-0.39, 0.29) is 23.5 Å². The highest BCUT2D eigenvalue weighted by Gasteiger charge is 2.48. The summed E-state index contributed by atoms with van der Waals surface area (Å²) in [6.45, 7) is -1.35. The number of hydrogen-bond donors (Lipinski definition) is 4. The minimum absolute atomic E-state index is 0.143. The second kappa shape index (κ2) is 11.0. The second-order valence-corrected chi connectivity index (χ2v) is 8.77. The Morgan fingerprint density at radius 2 is 2.00 bits per heavy atom. The van der Waals surface area contributed by atoms with E-state index in [9.17, 15) is 28.2 Å². The van der Waals surface area contributed by atoms with Gasteiger partial charge in [-0.15, -0.1) is 0 Å². The smallest absolute Gasteiger partial charge is 0.405 e. The van der Waals surface area contributed by atoms with Gasteiger partial charge >= 0.3 is 6.18 Å². The van der Waals surface area contributed by atoms with E-state index in [0.29, 0.717) is 22.8 Å². The summed E-state index contributed by atoms with van der Waals surface area (Å²) in [5.41, 5.74) is 1.59. The normalized spacial score (nSPS) is 20.9. The molecule has 0 spiro atoms. The third kappa shape index (κ3) is 5.63. The molecular formula is C24H23F3N8O5. The number of carbonyl (C=O) groups is 1. The first-order valence-corrected chi connectivity index (χ1v) is 11.9. The highest BCUT2D eigenvalue weighted by molar-refractivity contribution is 5.85. The van der Waals surface area contributed by atoms with Crippen molar-refractivity contribution in [2.75, 3.05) is 19.0 Å². The van der Waals surface area contributed by atoms with E-state index in [1.165, 1.54) is 30.4 Å². The van der Waals surface area contributed by atoms with Gasteiger partial charge in [-0.25, -0.2) is 15.0 Å². The van der Waals surface area contributed by atoms with Crippen molar-refractivity contribution >= 4 is 22.9 Å². The van der Waals surface area contributed by atoms with Gasteiger partial charge in [-0.3, -0.25) is 19.3 Å². The van der Waals surface area contributed by atoms with Gasteiger partial charge in [0, 0.05) is 18.0 Å². The Morgan fingerprint density at radius 3 is 2.73 bits per heavy atom. The van der Waals surface area contributed by atoms with E-state index < -0.39 is 43.2 Å². The number of anilines is 1. The minimum atomic E-state index is -4.67. The number of aliphatic hydroxyl groups is 2. The quantitative estimate of drug-likeness (QED) is 0.244. The summed E-state index contributed by atoms with van der Waals surface area (Å²) in [6.07, 6.45) is -5.45. The molecule has 1 fully saturated rings. The van der Waals surface area contributed by atoms with Crippen LogP contribution in [0, 0.1) is 0 Å². The number of imidazole rings is 1. The Hall–Kier alpha value is -4.41. The van der Waals surface area contributed by atoms with Gasteiger partial charge in [-0.1, -0.05) is 6.07 Å². The van der Waals surface area contributed by atoms with Crippen molar-refractivity contribution < 1.29 is 37.7 Å². The molecule has 5 rings (SSSR count). The van der Waals surface area contributed by atoms with Crippen molar-refractivity contribution in [3.63, 3.8) is 0 Å². The molecular weight excluding hydrogens is 537 g/mol. The number of carbonyl (C=O) groups excluding carboxylic acids is 1. The molecule has 1 aliphatic heterocycles. The molecule has 5 heterocycles. The summed E-state index contributed by atoms with van der Waals surface area (Å²) in [5, 5.41) is 25.9. The summed E-state index contributed by atoms with van der Waals surface area (Å²) >= 11 is 0. The number of amides is 1. The molecule has 0 aromatic carbocycles. The zero-order chi connectivity index (χ0) is 28.4. The number of methoxy groups -OCH3 is 1. The maximum atomic E-state index is 12.6. The predicted molar refractivity (Wildman–Crippen MR) is 132 cm³/mol. The molecule has 0 bridgehead atoms. The number of ether oxygens (including phenoxy) is 2. The van der Waals surface area contributed by atoms with Crippen molar-refractivity contribution in [3.8, 4) is 17.1 Å². The average Bonchev–Trinajstić information content (AvgIpc) is 3.51. The van der Waals surface area contributed by atoms with E-state index in [0.717, 1.165) is 0 Å². The van der Waals surface area contributed by atoms with Gasteiger partial charge in [0.2, 0.25) is 0 Å². The Morgan fingerprint density at radius 1 is 1.18 bits per heavy atom. The standard InChI is InChI=1S/C24H23F3N8O5/c1-39-14-6-12(7-28-9-14)19-33-20(30-8-13-4-2-3-5-29-13)15-21(34-19)35(11-32-15)23-17(37)16(36)18(40-23)22(38)31-10-24(25,26)27/h2-7,9,11,16-18,23,36-37H,8,10H2,1H3,(H,31,38)(H,30,33,34)/t16-,17+,18-,23+/m0/s1. The molecule has 4 N–H and O–H groups in total. The highest BCUT2D eigenvalue weighted by atomic mass is 19.4. The van der Waals surface area contributed by atoms with Crippen LogP contribution in [0.15, 0.2) is 49.2 Å². The van der Waals surface area contributed by atoms with E-state index in [1.807, 2.05) is 12.1 Å². The third-order valence-corrected chi connectivity index (χ3v) is 6.03. The predicted octanol–water partition coefficient (Wildman–Crippen LogP) is 1.20. The van der Waals surface area contributed by atoms with Crippen LogP contribution in [0.25, 0.3) is 22.6 Å². The maximum absolute atomic E-state index is 12.6. The topological polar surface area (TPSA) is 169 Å². The number of pyridine rings is 2. The number of alkyl halides is 3. The number of nitrogens with one attached hydrogen (secondary N) is 2. The molecule has 0 unspecified atom stereocenters. The maximum Gasteiger partial charge on any atom is 0.405 e. The van der Waals surface area contributed by atoms with Crippen LogP contribution >= 0.6 is 0 Å². The van der Waals surface area contributed by atoms with E-state index in [2.05, 4.69) is 30.2 Å². The largest absolute Gasteiger partial charge is 0.495 e. The van der Waals surface area contributed by atoms with Crippen molar-refractivity contribution in [2.45, 2.75) is 37.3 Å². The van der Waals surface area contributed by atoms with E-state index in [1.54, 1.807) is 23.6 Å². The van der Waals surface area contributed by atoms with Crippen LogP contribution in [-0.4, -0.2) is 83.7 Å². The number of rotatable bonds is 8. The molecule has 1 saturated heterocycles. The van der Waals surface area contributed by atoms with Gasteiger partial charge in [-0.2, -0.15) is 13.2 Å². The molecule has 16 heteroatoms. The molecule has 4 aromatic heterocycles. The Kier molecular flexibility index (Phi) is 7.46. The number of nitrogens with zero attached hydrogens (tertiary/aromatic N) is 6. The van der Waals surface area contributed by atoms with Crippen molar-refractivity contribution in [3.05, 3.63) is 54.9 Å². The lowest BCUT2D eigenvalue weighted by Crippen LogP contribution is -2.45. The molecule has 0 saturated carbocycles. The van der Waals surface area contributed by atoms with Gasteiger partial charge in [0.15, 0.2) is 35.1 Å². The fourth-order valence-corrected chi connectivity index (χ4v) is 4.08. The Labute approximate surface area is 224 Å². The first-order chi connectivity index (χ1) is 19.1. The van der Waals surface area contributed by atoms with Crippen LogP contribution in [0.4, 0.5) is 19.0 Å². The number of aromatic nitrogens is 6. The summed E-state index contributed by atoms with van der Waals surface area (Å²) in [6, 6.07) is 7.07. The van der Waals surface area contributed by atoms with Crippen LogP contribution in [0.3, 0.4) is 0 Å². The molecule has 1 aliphatic rings. The van der Waals surface area contributed by atoms with E-state index >= 15 is 0 Å². The summed E-state index contributed by atoms with van der Waals surface area (Å²) in [7, 11) is 1.48. The second-order valence-electron chi connectivity index (χ2n) is 8.77. The fraction of sp³-hybridized carbons (Fsp3) is 0.333. The molecule has 1 amide bonds. The summed E-state index contributed by atoms with van der Waals surface area (Å²) in [5.74, 6) is -0.300. The van der Waals surface area contributed by atoms with Crippen molar-refractivity contribution in [1.29, 1.82) is 0 Å². The van der Waals surface area contributed by atoms with Crippen LogP contribution in [0.2, 0.25) is 0 Å². The molecule has 4 aromatic rings. The van der Waals surface area contributed by atoms with Crippen molar-refractivity contribution in [2.24, 2.45) is 0 Å². The van der Waals surface area contributed by atoms with Crippen LogP contribution in [0.1, 0.15) is 11.9 Å². The lowest BCUT2D eigenvalue weighted by molar-refractivity contribution is -0.149. The van der Waals surface area contributed by atoms with Gasteiger partial charge in [0.25, 0.3) is 5.91 Å². The summed E-state index contributed by atoms with van der Waals surface area (Å²) in [4.78, 5) is 34.2. The highest BCUT2D eigenvalue weighted by Crippen LogP contribution is 2.34. The van der Waals surface area contributed by atoms with Crippen LogP contribution < -0.4 is 15.4 Å². The first kappa shape index (κ1) is 27.2. The zero-order valence-electron chi connectivity index (χ0n) is 20.8. The molecule has 4 atom stereocenters. The number of aliphatic hydroxyl groups excluding tert-OH is 2. The van der Waals surface area contributed by atoms with Gasteiger partial charge in [0.05, 0.1) is 31.9 Å². The molecule has 40 heavy (non-hydrogen) atoms. The molecule has 210 valence electrons. The Bertz CT molecular complexity index is 1500. The lowest BCUT2D eigenvalue weighted by atomic mass is 10.1. The molecule has 0 radical (unpaired) electrons. The monoisotopic (exact) mass is 560 g/mol. The van der Waals surface area contributed by atoms with Gasteiger partial charge in [0.1, 0.15) is 24.5 Å². The minimum Gasteiger partial charge on any atom is -0.495 e. The molecule has 0 aliphatic carbocycles.